The van der Waals surface area contributed by atoms with Gasteiger partial charge in [-0.1, -0.05) is 13.8 Å². The molecule has 1 saturated heterocycles. The molecule has 0 aliphatic carbocycles. The number of aromatic amines is 2. The second-order valence-corrected chi connectivity index (χ2v) is 13.3. The quantitative estimate of drug-likeness (QED) is 0.177. The van der Waals surface area contributed by atoms with E-state index in [1.54, 1.807) is 0 Å². The molecule has 236 valence electrons. The number of H-pyrrole nitrogens is 2. The molecule has 1 fully saturated rings. The Labute approximate surface area is 260 Å². The Balaban J connectivity index is 1.58. The fourth-order valence-electron chi connectivity index (χ4n) is 6.71. The predicted molar refractivity (Wildman–Crippen MR) is 171 cm³/mol. The lowest BCUT2D eigenvalue weighted by Gasteiger charge is -2.17. The SMILES string of the molecule is CCC1=C(O)N[C@H](Cc2[nH]c(/C=c3/[nH]/c(=C/[C@@H]4NC(=O)C(C)=C4[C@H]4CS4)c(C)c3CCC(=O)O)c(CCC(=O)O)c2C)C1C. The molecular weight excluding hydrogens is 580 g/mol. The highest BCUT2D eigenvalue weighted by Gasteiger charge is 2.38. The van der Waals surface area contributed by atoms with Crippen molar-refractivity contribution in [2.45, 2.75) is 90.5 Å². The molecule has 11 heteroatoms. The number of hydrogen-bond acceptors (Lipinski definition) is 6. The minimum Gasteiger partial charge on any atom is -0.495 e. The molecule has 0 radical (unpaired) electrons. The van der Waals surface area contributed by atoms with Crippen molar-refractivity contribution in [1.29, 1.82) is 0 Å². The first kappa shape index (κ1) is 31.6. The average Bonchev–Trinajstić information content (AvgIpc) is 3.53. The number of aliphatic hydroxyl groups is 1. The number of aromatic nitrogens is 2. The van der Waals surface area contributed by atoms with Crippen molar-refractivity contribution < 1.29 is 29.7 Å². The molecule has 2 aromatic heterocycles. The van der Waals surface area contributed by atoms with E-state index in [4.69, 9.17) is 0 Å². The van der Waals surface area contributed by atoms with Crippen LogP contribution in [0.3, 0.4) is 0 Å². The van der Waals surface area contributed by atoms with Crippen LogP contribution in [0.4, 0.5) is 0 Å². The number of rotatable bonds is 12. The number of carbonyl (C=O) groups is 3. The number of aliphatic carboxylic acids is 2. The van der Waals surface area contributed by atoms with Crippen LogP contribution in [-0.4, -0.2) is 66.2 Å². The van der Waals surface area contributed by atoms with Gasteiger partial charge in [0.25, 0.3) is 0 Å². The fourth-order valence-corrected chi connectivity index (χ4v) is 7.49. The van der Waals surface area contributed by atoms with Crippen molar-refractivity contribution in [3.63, 3.8) is 0 Å². The standard InChI is InChI=1S/C33H42N4O6S/c1-6-19-15(2)24(36-33(19)43)11-22-16(3)20(7-9-29(38)39)25(34-22)13-26-21(8-10-30(40)41)17(4)23(35-26)12-27-31(28-14-44-28)18(5)32(42)37-27/h12-13,15,24,27-28,34-36,43H,6-11,14H2,1-5H3,(H,37,42)(H,38,39)(H,40,41)/b23-12+,26-13+/t15?,24-,27+,28-/m1/s1. The van der Waals surface area contributed by atoms with Crippen molar-refractivity contribution in [2.24, 2.45) is 5.92 Å². The van der Waals surface area contributed by atoms with E-state index < -0.39 is 11.9 Å². The summed E-state index contributed by atoms with van der Waals surface area (Å²) in [4.78, 5) is 42.7. The smallest absolute Gasteiger partial charge is 0.303 e. The molecule has 5 heterocycles. The van der Waals surface area contributed by atoms with Gasteiger partial charge in [-0.25, -0.2) is 0 Å². The molecule has 10 nitrogen and oxygen atoms in total. The van der Waals surface area contributed by atoms with Crippen LogP contribution < -0.4 is 21.3 Å². The monoisotopic (exact) mass is 622 g/mol. The molecule has 1 amide bonds. The summed E-state index contributed by atoms with van der Waals surface area (Å²) in [5, 5.41) is 37.6. The lowest BCUT2D eigenvalue weighted by atomic mass is 9.91. The van der Waals surface area contributed by atoms with Crippen LogP contribution in [-0.2, 0) is 33.6 Å². The van der Waals surface area contributed by atoms with Gasteiger partial charge in [-0.15, -0.1) is 0 Å². The Bertz CT molecular complexity index is 1690. The maximum Gasteiger partial charge on any atom is 0.303 e. The zero-order valence-corrected chi connectivity index (χ0v) is 26.7. The third kappa shape index (κ3) is 6.33. The van der Waals surface area contributed by atoms with Gasteiger partial charge in [0.15, 0.2) is 5.88 Å². The van der Waals surface area contributed by atoms with Crippen molar-refractivity contribution in [3.8, 4) is 0 Å². The molecule has 3 aliphatic heterocycles. The Morgan fingerprint density at radius 1 is 0.977 bits per heavy atom. The molecule has 2 aromatic rings. The highest BCUT2D eigenvalue weighted by atomic mass is 32.2. The maximum atomic E-state index is 12.5. The zero-order valence-electron chi connectivity index (χ0n) is 25.9. The number of carboxylic acid groups (broad SMARTS) is 2. The van der Waals surface area contributed by atoms with Crippen LogP contribution in [0.25, 0.3) is 12.2 Å². The Morgan fingerprint density at radius 2 is 1.64 bits per heavy atom. The van der Waals surface area contributed by atoms with Crippen LogP contribution in [0.2, 0.25) is 0 Å². The second-order valence-electron chi connectivity index (χ2n) is 12.1. The third-order valence-corrected chi connectivity index (χ3v) is 10.3. The van der Waals surface area contributed by atoms with E-state index in [2.05, 4.69) is 27.5 Å². The Morgan fingerprint density at radius 3 is 2.23 bits per heavy atom. The van der Waals surface area contributed by atoms with E-state index in [9.17, 15) is 29.7 Å². The number of carbonyl (C=O) groups excluding carboxylic acids is 1. The van der Waals surface area contributed by atoms with Gasteiger partial charge in [-0.05, 0) is 85.6 Å². The number of aliphatic hydroxyl groups excluding tert-OH is 1. The molecule has 44 heavy (non-hydrogen) atoms. The van der Waals surface area contributed by atoms with E-state index in [-0.39, 0.29) is 42.6 Å². The Kier molecular flexibility index (Phi) is 9.06. The number of nitrogens with one attached hydrogen (secondary N) is 4. The number of thioether (sulfide) groups is 1. The van der Waals surface area contributed by atoms with Gasteiger partial charge < -0.3 is 35.9 Å². The number of amides is 1. The molecule has 4 atom stereocenters. The van der Waals surface area contributed by atoms with Crippen LogP contribution in [0.1, 0.15) is 73.7 Å². The first-order valence-electron chi connectivity index (χ1n) is 15.3. The molecule has 1 unspecified atom stereocenters. The molecule has 5 rings (SSSR count). The Hall–Kier alpha value is -3.86. The predicted octanol–water partition coefficient (Wildman–Crippen LogP) is 2.86. The molecule has 0 spiro atoms. The van der Waals surface area contributed by atoms with Gasteiger partial charge in [-0.2, -0.15) is 11.8 Å². The van der Waals surface area contributed by atoms with Crippen molar-refractivity contribution >= 4 is 41.8 Å². The minimum absolute atomic E-state index is 0.000466. The lowest BCUT2D eigenvalue weighted by Crippen LogP contribution is -2.30. The van der Waals surface area contributed by atoms with Gasteiger partial charge >= 0.3 is 11.9 Å². The van der Waals surface area contributed by atoms with Crippen LogP contribution >= 0.6 is 11.8 Å². The highest BCUT2D eigenvalue weighted by Crippen LogP contribution is 2.41. The number of carboxylic acids is 2. The van der Waals surface area contributed by atoms with Gasteiger partial charge in [-0.3, -0.25) is 14.4 Å². The molecule has 0 bridgehead atoms. The van der Waals surface area contributed by atoms with E-state index >= 15 is 0 Å². The first-order valence-corrected chi connectivity index (χ1v) is 16.3. The minimum atomic E-state index is -0.890. The van der Waals surface area contributed by atoms with Crippen LogP contribution in [0.15, 0.2) is 22.6 Å². The summed E-state index contributed by atoms with van der Waals surface area (Å²) in [6, 6.07) is -0.232. The van der Waals surface area contributed by atoms with Gasteiger partial charge in [0.1, 0.15) is 0 Å². The lowest BCUT2D eigenvalue weighted by molar-refractivity contribution is -0.138. The van der Waals surface area contributed by atoms with Crippen molar-refractivity contribution in [1.82, 2.24) is 20.6 Å². The largest absolute Gasteiger partial charge is 0.495 e. The summed E-state index contributed by atoms with van der Waals surface area (Å²) in [6.45, 7) is 9.95. The van der Waals surface area contributed by atoms with E-state index in [1.807, 2.05) is 51.6 Å². The molecule has 0 saturated carbocycles. The summed E-state index contributed by atoms with van der Waals surface area (Å²) < 4.78 is 0. The summed E-state index contributed by atoms with van der Waals surface area (Å²) in [5.74, 6) is -0.444. The van der Waals surface area contributed by atoms with Gasteiger partial charge in [0.2, 0.25) is 5.91 Å². The first-order chi connectivity index (χ1) is 20.9. The maximum absolute atomic E-state index is 12.5. The normalized spacial score (nSPS) is 24.0. The summed E-state index contributed by atoms with van der Waals surface area (Å²) in [5.41, 5.74) is 8.30. The third-order valence-electron chi connectivity index (χ3n) is 9.43. The molecule has 7 N–H and O–H groups in total. The van der Waals surface area contributed by atoms with Crippen molar-refractivity contribution in [3.05, 3.63) is 66.9 Å². The van der Waals surface area contributed by atoms with E-state index in [0.29, 0.717) is 24.5 Å². The highest BCUT2D eigenvalue weighted by molar-refractivity contribution is 8.07. The van der Waals surface area contributed by atoms with E-state index in [1.165, 1.54) is 0 Å². The summed E-state index contributed by atoms with van der Waals surface area (Å²) >= 11 is 1.82. The summed E-state index contributed by atoms with van der Waals surface area (Å²) in [6.07, 6.45) is 5.96. The number of hydrogen-bond donors (Lipinski definition) is 7. The zero-order chi connectivity index (χ0) is 31.9. The van der Waals surface area contributed by atoms with E-state index in [0.717, 1.165) is 73.2 Å². The molecular formula is C33H42N4O6S. The van der Waals surface area contributed by atoms with Crippen LogP contribution in [0.5, 0.6) is 0 Å². The van der Waals surface area contributed by atoms with Gasteiger partial charge in [0, 0.05) is 69.9 Å². The van der Waals surface area contributed by atoms with Crippen LogP contribution in [0, 0.1) is 19.8 Å². The molecule has 0 aromatic carbocycles. The van der Waals surface area contributed by atoms with Gasteiger partial charge in [0.05, 0.1) is 6.04 Å². The second kappa shape index (κ2) is 12.6. The molecule has 3 aliphatic rings. The van der Waals surface area contributed by atoms with Crippen molar-refractivity contribution in [2.75, 3.05) is 5.75 Å². The topological polar surface area (TPSA) is 168 Å². The summed E-state index contributed by atoms with van der Waals surface area (Å²) in [7, 11) is 0. The average molecular weight is 623 g/mol. The fraction of sp³-hybridized carbons (Fsp3) is 0.485.